The highest BCUT2D eigenvalue weighted by molar-refractivity contribution is 7.89. The van der Waals surface area contributed by atoms with Crippen molar-refractivity contribution in [3.63, 3.8) is 0 Å². The number of methoxy groups -OCH3 is 2. The molecule has 0 fully saturated rings. The topological polar surface area (TPSA) is 198 Å². The number of hydrogen-bond donors (Lipinski definition) is 5. The summed E-state index contributed by atoms with van der Waals surface area (Å²) >= 11 is 0. The highest BCUT2D eigenvalue weighted by Crippen LogP contribution is 2.27. The van der Waals surface area contributed by atoms with Crippen LogP contribution >= 0.6 is 0 Å². The lowest BCUT2D eigenvalue weighted by Gasteiger charge is -2.13. The van der Waals surface area contributed by atoms with Crippen molar-refractivity contribution in [2.75, 3.05) is 24.9 Å². The van der Waals surface area contributed by atoms with Crippen LogP contribution in [0.1, 0.15) is 21.6 Å². The van der Waals surface area contributed by atoms with Gasteiger partial charge in [0.05, 0.1) is 25.5 Å². The number of ether oxygens (including phenoxy) is 2. The quantitative estimate of drug-likeness (QED) is 0.212. The lowest BCUT2D eigenvalue weighted by molar-refractivity contribution is -0.119. The van der Waals surface area contributed by atoms with Gasteiger partial charge in [0, 0.05) is 18.1 Å². The number of benzene rings is 2. The molecule has 0 aliphatic rings. The Labute approximate surface area is 213 Å². The molecule has 0 bridgehead atoms. The van der Waals surface area contributed by atoms with Crippen LogP contribution in [0.4, 0.5) is 11.5 Å². The van der Waals surface area contributed by atoms with Gasteiger partial charge in [-0.25, -0.2) is 23.5 Å². The number of amides is 2. The molecule has 0 saturated heterocycles. The standard InChI is InChI=1S/C23H25N7O6S/c1-13-4-6-15(37(25,33)34)12-16(13)28-22(32)20-21(27-9-8-26-20)30-23(24)29-19(31)11-14-5-7-17(35-2)18(10-14)36-3/h4-10,12H,11H2,1-3H3,(H,28,32)(H2,25,33,34)(H3,24,27,29,30,31). The van der Waals surface area contributed by atoms with Crippen LogP contribution in [0.25, 0.3) is 0 Å². The van der Waals surface area contributed by atoms with Gasteiger partial charge in [-0.05, 0) is 42.3 Å². The Morgan fingerprint density at radius 2 is 1.70 bits per heavy atom. The number of carbonyl (C=O) groups excluding carboxylic acids is 2. The average Bonchev–Trinajstić information content (AvgIpc) is 2.84. The molecule has 0 aliphatic carbocycles. The number of nitrogens with two attached hydrogens (primary N) is 1. The number of rotatable bonds is 8. The smallest absolute Gasteiger partial charge is 0.278 e. The summed E-state index contributed by atoms with van der Waals surface area (Å²) in [7, 11) is -1.00. The molecule has 2 aromatic carbocycles. The lowest BCUT2D eigenvalue weighted by Crippen LogP contribution is -2.37. The van der Waals surface area contributed by atoms with E-state index >= 15 is 0 Å². The van der Waals surface area contributed by atoms with Crippen molar-refractivity contribution in [1.82, 2.24) is 15.3 Å². The molecule has 0 unspecified atom stereocenters. The van der Waals surface area contributed by atoms with Crippen molar-refractivity contribution in [2.45, 2.75) is 18.2 Å². The summed E-state index contributed by atoms with van der Waals surface area (Å²) in [6.07, 6.45) is 2.51. The van der Waals surface area contributed by atoms with Crippen LogP contribution < -0.4 is 30.6 Å². The molecule has 0 aliphatic heterocycles. The normalized spacial score (nSPS) is 10.8. The average molecular weight is 528 g/mol. The molecule has 0 saturated carbocycles. The van der Waals surface area contributed by atoms with E-state index in [1.54, 1.807) is 25.1 Å². The van der Waals surface area contributed by atoms with Gasteiger partial charge >= 0.3 is 0 Å². The molecule has 3 aromatic rings. The van der Waals surface area contributed by atoms with Crippen molar-refractivity contribution >= 4 is 39.3 Å². The minimum atomic E-state index is -3.98. The zero-order valence-corrected chi connectivity index (χ0v) is 21.0. The molecule has 6 N–H and O–H groups in total. The van der Waals surface area contributed by atoms with Gasteiger partial charge in [-0.1, -0.05) is 12.1 Å². The second-order valence-corrected chi connectivity index (χ2v) is 9.21. The summed E-state index contributed by atoms with van der Waals surface area (Å²) in [4.78, 5) is 33.2. The maximum atomic E-state index is 12.9. The second-order valence-electron chi connectivity index (χ2n) is 7.64. The van der Waals surface area contributed by atoms with Crippen molar-refractivity contribution < 1.29 is 27.5 Å². The number of primary sulfonamides is 1. The van der Waals surface area contributed by atoms with Crippen LogP contribution in [0.5, 0.6) is 11.5 Å². The monoisotopic (exact) mass is 527 g/mol. The molecule has 3 rings (SSSR count). The number of carbonyl (C=O) groups is 2. The summed E-state index contributed by atoms with van der Waals surface area (Å²) in [6, 6.07) is 9.04. The SMILES string of the molecule is COc1ccc(CC(=O)NC(=N)Nc2nccnc2C(=O)Nc2cc(S(N)(=O)=O)ccc2C)cc1OC. The highest BCUT2D eigenvalue weighted by atomic mass is 32.2. The first-order chi connectivity index (χ1) is 17.5. The Kier molecular flexibility index (Phi) is 8.37. The summed E-state index contributed by atoms with van der Waals surface area (Å²) in [6.45, 7) is 1.67. The molecule has 37 heavy (non-hydrogen) atoms. The summed E-state index contributed by atoms with van der Waals surface area (Å²) in [5, 5.41) is 20.7. The highest BCUT2D eigenvalue weighted by Gasteiger charge is 2.19. The molecule has 14 heteroatoms. The van der Waals surface area contributed by atoms with E-state index in [4.69, 9.17) is 20.0 Å². The van der Waals surface area contributed by atoms with Gasteiger partial charge in [-0.15, -0.1) is 0 Å². The third-order valence-electron chi connectivity index (χ3n) is 5.02. The fraction of sp³-hybridized carbons (Fsp3) is 0.174. The number of nitrogens with zero attached hydrogens (tertiary/aromatic N) is 2. The predicted molar refractivity (Wildman–Crippen MR) is 135 cm³/mol. The molecule has 2 amide bonds. The second kappa shape index (κ2) is 11.5. The Hall–Kier alpha value is -4.56. The Balaban J connectivity index is 1.70. The minimum absolute atomic E-state index is 0.0576. The summed E-state index contributed by atoms with van der Waals surface area (Å²) < 4.78 is 33.7. The van der Waals surface area contributed by atoms with E-state index in [2.05, 4.69) is 25.9 Å². The molecule has 0 spiro atoms. The molecule has 194 valence electrons. The number of hydrogen-bond acceptors (Lipinski definition) is 9. The van der Waals surface area contributed by atoms with Crippen molar-refractivity contribution in [3.05, 3.63) is 65.6 Å². The fourth-order valence-electron chi connectivity index (χ4n) is 3.20. The Morgan fingerprint density at radius 3 is 2.38 bits per heavy atom. The summed E-state index contributed by atoms with van der Waals surface area (Å²) in [5.74, 6) is -0.795. The zero-order valence-electron chi connectivity index (χ0n) is 20.2. The van der Waals surface area contributed by atoms with Crippen LogP contribution in [-0.4, -0.2) is 50.4 Å². The number of aryl methyl sites for hydroxylation is 1. The lowest BCUT2D eigenvalue weighted by atomic mass is 10.1. The largest absolute Gasteiger partial charge is 0.493 e. The van der Waals surface area contributed by atoms with Gasteiger partial charge in [0.25, 0.3) is 5.91 Å². The first kappa shape index (κ1) is 27.0. The van der Waals surface area contributed by atoms with Crippen LogP contribution in [0.15, 0.2) is 53.7 Å². The van der Waals surface area contributed by atoms with Gasteiger partial charge < -0.3 is 20.1 Å². The van der Waals surface area contributed by atoms with Crippen molar-refractivity contribution in [2.24, 2.45) is 5.14 Å². The number of nitrogens with one attached hydrogen (secondary N) is 4. The molecule has 0 radical (unpaired) electrons. The molecule has 13 nitrogen and oxygen atoms in total. The minimum Gasteiger partial charge on any atom is -0.493 e. The van der Waals surface area contributed by atoms with Crippen LogP contribution in [0, 0.1) is 12.3 Å². The number of aromatic nitrogens is 2. The van der Waals surface area contributed by atoms with Crippen LogP contribution in [-0.2, 0) is 21.2 Å². The maximum Gasteiger partial charge on any atom is 0.278 e. The number of sulfonamides is 1. The van der Waals surface area contributed by atoms with Gasteiger partial charge in [-0.2, -0.15) is 0 Å². The van der Waals surface area contributed by atoms with Gasteiger partial charge in [-0.3, -0.25) is 20.3 Å². The van der Waals surface area contributed by atoms with Gasteiger partial charge in [0.15, 0.2) is 23.0 Å². The zero-order chi connectivity index (χ0) is 27.2. The first-order valence-corrected chi connectivity index (χ1v) is 12.2. The Bertz CT molecular complexity index is 1460. The Morgan fingerprint density at radius 1 is 1.00 bits per heavy atom. The third kappa shape index (κ3) is 6.99. The van der Waals surface area contributed by atoms with E-state index < -0.39 is 27.8 Å². The predicted octanol–water partition coefficient (Wildman–Crippen LogP) is 1.41. The van der Waals surface area contributed by atoms with E-state index in [0.717, 1.165) is 0 Å². The van der Waals surface area contributed by atoms with E-state index in [9.17, 15) is 18.0 Å². The van der Waals surface area contributed by atoms with Crippen molar-refractivity contribution in [3.8, 4) is 11.5 Å². The first-order valence-electron chi connectivity index (χ1n) is 10.6. The van der Waals surface area contributed by atoms with Gasteiger partial charge in [0.1, 0.15) is 0 Å². The summed E-state index contributed by atoms with van der Waals surface area (Å²) in [5.41, 5.74) is 1.21. The third-order valence-corrected chi connectivity index (χ3v) is 5.93. The van der Waals surface area contributed by atoms with E-state index in [-0.39, 0.29) is 28.5 Å². The van der Waals surface area contributed by atoms with Crippen LogP contribution in [0.3, 0.4) is 0 Å². The van der Waals surface area contributed by atoms with Crippen LogP contribution in [0.2, 0.25) is 0 Å². The number of anilines is 2. The van der Waals surface area contributed by atoms with Gasteiger partial charge in [0.2, 0.25) is 21.9 Å². The fourth-order valence-corrected chi connectivity index (χ4v) is 3.74. The van der Waals surface area contributed by atoms with E-state index in [1.165, 1.54) is 44.8 Å². The van der Waals surface area contributed by atoms with E-state index in [0.29, 0.717) is 22.6 Å². The maximum absolute atomic E-state index is 12.9. The van der Waals surface area contributed by atoms with E-state index in [1.807, 2.05) is 0 Å². The molecular formula is C23H25N7O6S. The number of guanidine groups is 1. The molecule has 0 atom stereocenters. The molecular weight excluding hydrogens is 502 g/mol. The van der Waals surface area contributed by atoms with Crippen molar-refractivity contribution in [1.29, 1.82) is 5.41 Å². The molecule has 1 heterocycles. The molecule has 1 aromatic heterocycles.